The third-order valence-electron chi connectivity index (χ3n) is 5.49. The van der Waals surface area contributed by atoms with Gasteiger partial charge in [-0.1, -0.05) is 6.07 Å². The van der Waals surface area contributed by atoms with Gasteiger partial charge in [0, 0.05) is 50.9 Å². The maximum Gasteiger partial charge on any atom is 0.303 e. The molecule has 1 aromatic rings. The second kappa shape index (κ2) is 9.14. The molecule has 0 unspecified atom stereocenters. The highest BCUT2D eigenvalue weighted by Crippen LogP contribution is 2.27. The normalized spacial score (nSPS) is 23.9. The van der Waals surface area contributed by atoms with Crippen molar-refractivity contribution >= 4 is 11.9 Å². The molecule has 0 radical (unpaired) electrons. The lowest BCUT2D eigenvalue weighted by Crippen LogP contribution is -2.55. The number of ether oxygens (including phenoxy) is 1. The lowest BCUT2D eigenvalue weighted by molar-refractivity contribution is -0.138. The average Bonchev–Trinajstić information content (AvgIpc) is 2.68. The van der Waals surface area contributed by atoms with Crippen LogP contribution in [0.4, 0.5) is 0 Å². The number of hydrogen-bond acceptors (Lipinski definition) is 5. The summed E-state index contributed by atoms with van der Waals surface area (Å²) in [5.74, 6) is -0.788. The fraction of sp³-hybridized carbons (Fsp3) is 0.632. The van der Waals surface area contributed by atoms with Crippen LogP contribution >= 0.6 is 0 Å². The van der Waals surface area contributed by atoms with E-state index in [1.165, 1.54) is 10.6 Å². The maximum absolute atomic E-state index is 12.7. The fourth-order valence-electron chi connectivity index (χ4n) is 4.07. The second-order valence-corrected chi connectivity index (χ2v) is 7.20. The molecule has 1 aromatic heterocycles. The Labute approximate surface area is 158 Å². The Balaban J connectivity index is 1.66. The Morgan fingerprint density at radius 1 is 1.19 bits per heavy atom. The van der Waals surface area contributed by atoms with Crippen molar-refractivity contribution in [3.8, 4) is 0 Å². The van der Waals surface area contributed by atoms with Crippen molar-refractivity contribution in [2.75, 3.05) is 39.4 Å². The highest BCUT2D eigenvalue weighted by molar-refractivity contribution is 5.76. The average molecular weight is 377 g/mol. The number of amides is 1. The lowest BCUT2D eigenvalue weighted by atomic mass is 9.86. The van der Waals surface area contributed by atoms with Crippen LogP contribution in [-0.2, 0) is 20.9 Å². The number of rotatable bonds is 6. The number of aromatic nitrogens is 1. The van der Waals surface area contributed by atoms with E-state index >= 15 is 0 Å². The lowest BCUT2D eigenvalue weighted by Gasteiger charge is -2.45. The van der Waals surface area contributed by atoms with Gasteiger partial charge in [0.05, 0.1) is 13.2 Å². The number of hydrogen-bond donors (Lipinski definition) is 1. The first-order chi connectivity index (χ1) is 13.0. The summed E-state index contributed by atoms with van der Waals surface area (Å²) in [7, 11) is 0. The molecule has 0 saturated carbocycles. The quantitative estimate of drug-likeness (QED) is 0.765. The van der Waals surface area contributed by atoms with Gasteiger partial charge in [0.15, 0.2) is 0 Å². The van der Waals surface area contributed by atoms with Gasteiger partial charge in [0.25, 0.3) is 5.56 Å². The molecule has 0 spiro atoms. The first-order valence-corrected chi connectivity index (χ1v) is 9.51. The standard InChI is InChI=1S/C19H27N3O5/c23-17-3-1-2-7-21(17)14-18(24)22-8-6-16(20-9-11-27-12-10-20)15(13-22)4-5-19(25)26/h1-3,7,15-16H,4-6,8-14H2,(H,25,26)/t15-,16+/m1/s1. The number of nitrogens with zero attached hydrogens (tertiary/aromatic N) is 3. The van der Waals surface area contributed by atoms with Gasteiger partial charge in [-0.15, -0.1) is 0 Å². The van der Waals surface area contributed by atoms with Crippen LogP contribution < -0.4 is 5.56 Å². The highest BCUT2D eigenvalue weighted by atomic mass is 16.5. The number of carbonyl (C=O) groups excluding carboxylic acids is 1. The molecule has 2 atom stereocenters. The van der Waals surface area contributed by atoms with Crippen molar-refractivity contribution in [1.29, 1.82) is 0 Å². The zero-order valence-corrected chi connectivity index (χ0v) is 15.5. The van der Waals surface area contributed by atoms with Crippen molar-refractivity contribution in [1.82, 2.24) is 14.4 Å². The summed E-state index contributed by atoms with van der Waals surface area (Å²) in [4.78, 5) is 39.8. The predicted molar refractivity (Wildman–Crippen MR) is 98.4 cm³/mol. The van der Waals surface area contributed by atoms with Crippen LogP contribution in [0.25, 0.3) is 0 Å². The molecule has 2 aliphatic heterocycles. The number of likely N-dealkylation sites (tertiary alicyclic amines) is 1. The monoisotopic (exact) mass is 377 g/mol. The molecule has 2 saturated heterocycles. The minimum atomic E-state index is -0.810. The summed E-state index contributed by atoms with van der Waals surface area (Å²) >= 11 is 0. The molecule has 148 valence electrons. The number of pyridine rings is 1. The number of carboxylic acids is 1. The molecule has 1 amide bonds. The number of morpholine rings is 1. The van der Waals surface area contributed by atoms with E-state index < -0.39 is 5.97 Å². The molecule has 27 heavy (non-hydrogen) atoms. The van der Waals surface area contributed by atoms with E-state index in [2.05, 4.69) is 4.90 Å². The molecule has 3 heterocycles. The number of carboxylic acid groups (broad SMARTS) is 1. The molecule has 2 aliphatic rings. The van der Waals surface area contributed by atoms with E-state index in [1.807, 2.05) is 0 Å². The molecular formula is C19H27N3O5. The Morgan fingerprint density at radius 3 is 2.67 bits per heavy atom. The zero-order valence-electron chi connectivity index (χ0n) is 15.5. The number of carbonyl (C=O) groups is 2. The largest absolute Gasteiger partial charge is 0.481 e. The van der Waals surface area contributed by atoms with Gasteiger partial charge in [-0.25, -0.2) is 0 Å². The van der Waals surface area contributed by atoms with Crippen molar-refractivity contribution in [3.63, 3.8) is 0 Å². The summed E-state index contributed by atoms with van der Waals surface area (Å²) < 4.78 is 6.83. The molecule has 1 N–H and O–H groups in total. The first-order valence-electron chi connectivity index (χ1n) is 9.51. The van der Waals surface area contributed by atoms with E-state index in [9.17, 15) is 14.4 Å². The minimum absolute atomic E-state index is 0.0214. The van der Waals surface area contributed by atoms with E-state index in [4.69, 9.17) is 9.84 Å². The molecule has 0 aromatic carbocycles. The number of piperidine rings is 1. The SMILES string of the molecule is O=C(O)CC[C@@H]1CN(C(=O)Cn2ccccc2=O)CC[C@@H]1N1CCOCC1. The smallest absolute Gasteiger partial charge is 0.303 e. The predicted octanol–water partition coefficient (Wildman–Crippen LogP) is 0.262. The molecule has 3 rings (SSSR count). The highest BCUT2D eigenvalue weighted by Gasteiger charge is 2.35. The van der Waals surface area contributed by atoms with Gasteiger partial charge in [-0.2, -0.15) is 0 Å². The van der Waals surface area contributed by atoms with Crippen LogP contribution in [0.3, 0.4) is 0 Å². The van der Waals surface area contributed by atoms with Gasteiger partial charge in [-0.3, -0.25) is 19.3 Å². The topological polar surface area (TPSA) is 92.1 Å². The maximum atomic E-state index is 12.7. The van der Waals surface area contributed by atoms with Crippen LogP contribution in [0.1, 0.15) is 19.3 Å². The van der Waals surface area contributed by atoms with Gasteiger partial charge in [-0.05, 0) is 24.8 Å². The van der Waals surface area contributed by atoms with Crippen LogP contribution in [0.15, 0.2) is 29.2 Å². The van der Waals surface area contributed by atoms with Crippen LogP contribution in [0.5, 0.6) is 0 Å². The fourth-order valence-corrected chi connectivity index (χ4v) is 4.07. The van der Waals surface area contributed by atoms with Crippen LogP contribution in [0.2, 0.25) is 0 Å². The van der Waals surface area contributed by atoms with Crippen molar-refractivity contribution in [2.24, 2.45) is 5.92 Å². The van der Waals surface area contributed by atoms with Gasteiger partial charge in [0.2, 0.25) is 5.91 Å². The molecule has 0 bridgehead atoms. The van der Waals surface area contributed by atoms with E-state index in [0.29, 0.717) is 32.7 Å². The Hall–Kier alpha value is -2.19. The molecule has 2 fully saturated rings. The van der Waals surface area contributed by atoms with E-state index in [0.717, 1.165) is 19.5 Å². The molecule has 8 heteroatoms. The first kappa shape index (κ1) is 19.6. The summed E-state index contributed by atoms with van der Waals surface area (Å²) in [6.07, 6.45) is 3.08. The van der Waals surface area contributed by atoms with Crippen molar-refractivity contribution in [2.45, 2.75) is 31.8 Å². The summed E-state index contributed by atoms with van der Waals surface area (Å²) in [6, 6.07) is 5.10. The van der Waals surface area contributed by atoms with Gasteiger partial charge >= 0.3 is 5.97 Å². The molecular weight excluding hydrogens is 350 g/mol. The van der Waals surface area contributed by atoms with Crippen LogP contribution in [-0.4, -0.2) is 76.8 Å². The van der Waals surface area contributed by atoms with Crippen LogP contribution in [0, 0.1) is 5.92 Å². The minimum Gasteiger partial charge on any atom is -0.481 e. The van der Waals surface area contributed by atoms with Crippen molar-refractivity contribution < 1.29 is 19.4 Å². The summed E-state index contributed by atoms with van der Waals surface area (Å²) in [5, 5.41) is 9.09. The third-order valence-corrected chi connectivity index (χ3v) is 5.49. The molecule has 0 aliphatic carbocycles. The Morgan fingerprint density at radius 2 is 1.96 bits per heavy atom. The number of aliphatic carboxylic acids is 1. The summed E-state index contributed by atoms with van der Waals surface area (Å²) in [5.41, 5.74) is -0.198. The zero-order chi connectivity index (χ0) is 19.2. The summed E-state index contributed by atoms with van der Waals surface area (Å²) in [6.45, 7) is 4.28. The third kappa shape index (κ3) is 5.17. The molecule has 8 nitrogen and oxygen atoms in total. The van der Waals surface area contributed by atoms with Gasteiger partial charge < -0.3 is 19.3 Å². The van der Waals surface area contributed by atoms with Gasteiger partial charge in [0.1, 0.15) is 6.54 Å². The van der Waals surface area contributed by atoms with E-state index in [-0.39, 0.29) is 36.4 Å². The van der Waals surface area contributed by atoms with E-state index in [1.54, 1.807) is 23.2 Å². The van der Waals surface area contributed by atoms with Crippen molar-refractivity contribution in [3.05, 3.63) is 34.7 Å². The Bertz CT molecular complexity index is 713. The second-order valence-electron chi connectivity index (χ2n) is 7.20. The Kier molecular flexibility index (Phi) is 6.63.